The molecule has 0 saturated carbocycles. The zero-order chi connectivity index (χ0) is 10.8. The lowest BCUT2D eigenvalue weighted by Gasteiger charge is -2.02. The Bertz CT molecular complexity index is 537. The Kier molecular flexibility index (Phi) is 2.57. The zero-order valence-electron chi connectivity index (χ0n) is 8.11. The summed E-state index contributed by atoms with van der Waals surface area (Å²) in [6.45, 7) is 0. The number of hydrogen-bond donors (Lipinski definition) is 0. The molecule has 0 fully saturated rings. The predicted molar refractivity (Wildman–Crippen MR) is 61.1 cm³/mol. The fourth-order valence-electron chi connectivity index (χ4n) is 1.41. The van der Waals surface area contributed by atoms with E-state index >= 15 is 0 Å². The Morgan fingerprint density at radius 2 is 2.27 bits per heavy atom. The molecule has 74 valence electrons. The Morgan fingerprint density at radius 1 is 1.47 bits per heavy atom. The molecule has 0 bridgehead atoms. The van der Waals surface area contributed by atoms with Gasteiger partial charge in [0.25, 0.3) is 0 Å². The largest absolute Gasteiger partial charge is 0.319 e. The molecule has 0 unspecified atom stereocenters. The van der Waals surface area contributed by atoms with E-state index in [1.54, 1.807) is 10.8 Å². The first kappa shape index (κ1) is 9.94. The van der Waals surface area contributed by atoms with Gasteiger partial charge in [0.05, 0.1) is 6.20 Å². The Morgan fingerprint density at radius 3 is 2.87 bits per heavy atom. The summed E-state index contributed by atoms with van der Waals surface area (Å²) in [6.07, 6.45) is 1.58. The molecule has 0 aliphatic carbocycles. The molecule has 0 amide bonds. The van der Waals surface area contributed by atoms with E-state index in [9.17, 15) is 0 Å². The summed E-state index contributed by atoms with van der Waals surface area (Å²) in [6, 6.07) is 9.93. The van der Waals surface area contributed by atoms with Gasteiger partial charge >= 0.3 is 0 Å². The van der Waals surface area contributed by atoms with E-state index in [0.29, 0.717) is 5.69 Å². The van der Waals surface area contributed by atoms with Crippen LogP contribution in [0.3, 0.4) is 0 Å². The minimum Gasteiger partial charge on any atom is -0.319 e. The summed E-state index contributed by atoms with van der Waals surface area (Å²) in [7, 11) is 1.84. The summed E-state index contributed by atoms with van der Waals surface area (Å²) >= 11 is 3.41. The molecule has 0 N–H and O–H groups in total. The van der Waals surface area contributed by atoms with Crippen molar-refractivity contribution in [1.82, 2.24) is 9.55 Å². The quantitative estimate of drug-likeness (QED) is 0.792. The number of hydrogen-bond acceptors (Lipinski definition) is 2. The topological polar surface area (TPSA) is 41.6 Å². The van der Waals surface area contributed by atoms with Crippen LogP contribution in [0, 0.1) is 11.3 Å². The van der Waals surface area contributed by atoms with E-state index in [1.165, 1.54) is 0 Å². The van der Waals surface area contributed by atoms with Crippen molar-refractivity contribution in [3.63, 3.8) is 0 Å². The highest BCUT2D eigenvalue weighted by molar-refractivity contribution is 9.10. The molecule has 3 nitrogen and oxygen atoms in total. The molecule has 2 rings (SSSR count). The lowest BCUT2D eigenvalue weighted by Crippen LogP contribution is -1.95. The van der Waals surface area contributed by atoms with Crippen LogP contribution in [0.15, 0.2) is 34.9 Å². The van der Waals surface area contributed by atoms with Crippen molar-refractivity contribution in [2.45, 2.75) is 0 Å². The Hall–Kier alpha value is -1.60. The molecule has 1 aromatic heterocycles. The minimum absolute atomic E-state index is 0.560. The van der Waals surface area contributed by atoms with Crippen molar-refractivity contribution in [2.75, 3.05) is 0 Å². The highest BCUT2D eigenvalue weighted by Gasteiger charge is 2.07. The van der Waals surface area contributed by atoms with Crippen molar-refractivity contribution in [2.24, 2.45) is 7.05 Å². The second kappa shape index (κ2) is 3.87. The van der Waals surface area contributed by atoms with Crippen LogP contribution in [0.4, 0.5) is 0 Å². The van der Waals surface area contributed by atoms with Gasteiger partial charge in [-0.2, -0.15) is 5.26 Å². The van der Waals surface area contributed by atoms with E-state index in [0.717, 1.165) is 15.9 Å². The second-order valence-corrected chi connectivity index (χ2v) is 4.06. The molecule has 1 aromatic carbocycles. The molecule has 0 atom stereocenters. The molecule has 4 heteroatoms. The van der Waals surface area contributed by atoms with E-state index in [-0.39, 0.29) is 0 Å². The highest BCUT2D eigenvalue weighted by atomic mass is 79.9. The molecule has 0 spiro atoms. The average Bonchev–Trinajstić information content (AvgIpc) is 2.59. The standard InChI is InChI=1S/C11H8BrN3/c1-15-10(6-13)7-14-11(15)8-3-2-4-9(12)5-8/h2-5,7H,1H3. The minimum atomic E-state index is 0.560. The van der Waals surface area contributed by atoms with Crippen molar-refractivity contribution >= 4 is 15.9 Å². The van der Waals surface area contributed by atoms with Gasteiger partial charge in [-0.1, -0.05) is 28.1 Å². The van der Waals surface area contributed by atoms with Crippen molar-refractivity contribution in [3.05, 3.63) is 40.6 Å². The average molecular weight is 262 g/mol. The van der Waals surface area contributed by atoms with Gasteiger partial charge in [0.15, 0.2) is 0 Å². The van der Waals surface area contributed by atoms with Crippen LogP contribution in [-0.4, -0.2) is 9.55 Å². The number of nitriles is 1. The summed E-state index contributed by atoms with van der Waals surface area (Å²) in [4.78, 5) is 4.22. The first-order valence-electron chi connectivity index (χ1n) is 4.40. The van der Waals surface area contributed by atoms with Gasteiger partial charge in [0.1, 0.15) is 17.6 Å². The molecular weight excluding hydrogens is 254 g/mol. The van der Waals surface area contributed by atoms with Crippen LogP contribution >= 0.6 is 15.9 Å². The van der Waals surface area contributed by atoms with Gasteiger partial charge in [-0.3, -0.25) is 0 Å². The Labute approximate surface area is 96.1 Å². The third-order valence-electron chi connectivity index (χ3n) is 2.19. The number of imidazole rings is 1. The first-order chi connectivity index (χ1) is 7.22. The number of rotatable bonds is 1. The fourth-order valence-corrected chi connectivity index (χ4v) is 1.81. The SMILES string of the molecule is Cn1c(C#N)cnc1-c1cccc(Br)c1. The first-order valence-corrected chi connectivity index (χ1v) is 5.19. The van der Waals surface area contributed by atoms with Crippen LogP contribution in [0.25, 0.3) is 11.4 Å². The molecular formula is C11H8BrN3. The van der Waals surface area contributed by atoms with Gasteiger partial charge in [-0.05, 0) is 12.1 Å². The lowest BCUT2D eigenvalue weighted by molar-refractivity contribution is 0.907. The Balaban J connectivity index is 2.56. The summed E-state index contributed by atoms with van der Waals surface area (Å²) in [5, 5.41) is 8.81. The van der Waals surface area contributed by atoms with Gasteiger partial charge in [0, 0.05) is 17.1 Å². The van der Waals surface area contributed by atoms with Crippen LogP contribution < -0.4 is 0 Å². The normalized spacial score (nSPS) is 9.93. The molecule has 0 aliphatic heterocycles. The maximum atomic E-state index is 8.81. The molecule has 0 radical (unpaired) electrons. The smallest absolute Gasteiger partial charge is 0.140 e. The van der Waals surface area contributed by atoms with Crippen molar-refractivity contribution in [1.29, 1.82) is 5.26 Å². The predicted octanol–water partition coefficient (Wildman–Crippen LogP) is 2.72. The fraction of sp³-hybridized carbons (Fsp3) is 0.0909. The van der Waals surface area contributed by atoms with E-state index in [1.807, 2.05) is 31.3 Å². The number of benzene rings is 1. The maximum Gasteiger partial charge on any atom is 0.140 e. The number of aromatic nitrogens is 2. The molecule has 1 heterocycles. The monoisotopic (exact) mass is 261 g/mol. The van der Waals surface area contributed by atoms with E-state index in [4.69, 9.17) is 5.26 Å². The third-order valence-corrected chi connectivity index (χ3v) is 2.68. The highest BCUT2D eigenvalue weighted by Crippen LogP contribution is 2.21. The van der Waals surface area contributed by atoms with E-state index in [2.05, 4.69) is 27.0 Å². The van der Waals surface area contributed by atoms with Gasteiger partial charge < -0.3 is 4.57 Å². The second-order valence-electron chi connectivity index (χ2n) is 3.15. The van der Waals surface area contributed by atoms with E-state index < -0.39 is 0 Å². The molecule has 0 saturated heterocycles. The maximum absolute atomic E-state index is 8.81. The van der Waals surface area contributed by atoms with Gasteiger partial charge in [0.2, 0.25) is 0 Å². The van der Waals surface area contributed by atoms with Crippen molar-refractivity contribution < 1.29 is 0 Å². The molecule has 0 aliphatic rings. The van der Waals surface area contributed by atoms with Crippen LogP contribution in [-0.2, 0) is 7.05 Å². The van der Waals surface area contributed by atoms with Gasteiger partial charge in [-0.25, -0.2) is 4.98 Å². The number of halogens is 1. The van der Waals surface area contributed by atoms with Crippen LogP contribution in [0.5, 0.6) is 0 Å². The summed E-state index contributed by atoms with van der Waals surface area (Å²) in [5.74, 6) is 0.799. The van der Waals surface area contributed by atoms with Crippen LogP contribution in [0.1, 0.15) is 5.69 Å². The van der Waals surface area contributed by atoms with Gasteiger partial charge in [-0.15, -0.1) is 0 Å². The lowest BCUT2D eigenvalue weighted by atomic mass is 10.2. The number of nitrogens with zero attached hydrogens (tertiary/aromatic N) is 3. The molecule has 2 aromatic rings. The van der Waals surface area contributed by atoms with Crippen molar-refractivity contribution in [3.8, 4) is 17.5 Å². The zero-order valence-corrected chi connectivity index (χ0v) is 9.69. The third kappa shape index (κ3) is 1.79. The molecule has 15 heavy (non-hydrogen) atoms. The summed E-state index contributed by atoms with van der Waals surface area (Å²) < 4.78 is 2.78. The summed E-state index contributed by atoms with van der Waals surface area (Å²) in [5.41, 5.74) is 1.55. The van der Waals surface area contributed by atoms with Crippen LogP contribution in [0.2, 0.25) is 0 Å².